The zero-order chi connectivity index (χ0) is 16.8. The topological polar surface area (TPSA) is 52.6 Å². The summed E-state index contributed by atoms with van der Waals surface area (Å²) in [7, 11) is 0. The molecule has 4 heteroatoms. The first-order chi connectivity index (χ1) is 11.8. The molecule has 1 saturated heterocycles. The molecule has 4 nitrogen and oxygen atoms in total. The molecule has 0 bridgehead atoms. The average molecular weight is 324 g/mol. The van der Waals surface area contributed by atoms with Gasteiger partial charge in [0.25, 0.3) is 0 Å². The number of amides is 2. The van der Waals surface area contributed by atoms with E-state index in [0.717, 1.165) is 37.1 Å². The van der Waals surface area contributed by atoms with Crippen LogP contribution in [-0.4, -0.2) is 35.7 Å². The molecule has 1 heterocycles. The number of likely N-dealkylation sites (tertiary alicyclic amines) is 1. The van der Waals surface area contributed by atoms with Crippen molar-refractivity contribution in [2.45, 2.75) is 19.3 Å². The molecule has 2 amide bonds. The van der Waals surface area contributed by atoms with Gasteiger partial charge in [0, 0.05) is 25.4 Å². The molecule has 0 aliphatic carbocycles. The van der Waals surface area contributed by atoms with Crippen LogP contribution in [0.3, 0.4) is 0 Å². The molecule has 1 aliphatic rings. The van der Waals surface area contributed by atoms with Crippen LogP contribution in [-0.2, 0) is 6.42 Å². The van der Waals surface area contributed by atoms with Crippen LogP contribution in [0.2, 0.25) is 0 Å². The highest BCUT2D eigenvalue weighted by Gasteiger charge is 2.23. The van der Waals surface area contributed by atoms with Crippen LogP contribution in [0.15, 0.2) is 54.6 Å². The van der Waals surface area contributed by atoms with Gasteiger partial charge in [-0.05, 0) is 42.4 Å². The van der Waals surface area contributed by atoms with Crippen LogP contribution in [0.1, 0.15) is 24.0 Å². The monoisotopic (exact) mass is 324 g/mol. The molecule has 1 atom stereocenters. The van der Waals surface area contributed by atoms with E-state index in [4.69, 9.17) is 0 Å². The number of carbonyl (C=O) groups excluding carboxylic acids is 1. The Morgan fingerprint density at radius 1 is 1.12 bits per heavy atom. The lowest BCUT2D eigenvalue weighted by Gasteiger charge is -2.32. The van der Waals surface area contributed by atoms with E-state index < -0.39 is 0 Å². The number of piperidine rings is 1. The number of benzene rings is 2. The van der Waals surface area contributed by atoms with Gasteiger partial charge in [-0.25, -0.2) is 4.79 Å². The summed E-state index contributed by atoms with van der Waals surface area (Å²) in [5.41, 5.74) is 3.18. The summed E-state index contributed by atoms with van der Waals surface area (Å²) >= 11 is 0. The summed E-state index contributed by atoms with van der Waals surface area (Å²) in [6.07, 6.45) is 2.73. The molecule has 1 fully saturated rings. The first-order valence-electron chi connectivity index (χ1n) is 8.55. The van der Waals surface area contributed by atoms with E-state index in [2.05, 4.69) is 23.5 Å². The normalized spacial score (nSPS) is 17.5. The van der Waals surface area contributed by atoms with E-state index in [-0.39, 0.29) is 18.6 Å². The smallest absolute Gasteiger partial charge is 0.321 e. The second-order valence-corrected chi connectivity index (χ2v) is 6.39. The predicted octanol–water partition coefficient (Wildman–Crippen LogP) is 3.51. The Balaban J connectivity index is 1.69. The maximum Gasteiger partial charge on any atom is 0.321 e. The molecule has 1 aliphatic heterocycles. The third kappa shape index (κ3) is 4.15. The zero-order valence-corrected chi connectivity index (χ0v) is 13.8. The van der Waals surface area contributed by atoms with Gasteiger partial charge < -0.3 is 15.3 Å². The number of urea groups is 1. The number of aliphatic hydroxyl groups excluding tert-OH is 1. The Bertz CT molecular complexity index is 672. The van der Waals surface area contributed by atoms with E-state index >= 15 is 0 Å². The number of nitrogens with one attached hydrogen (secondary N) is 1. The number of para-hydroxylation sites is 1. The number of nitrogens with zero attached hydrogens (tertiary/aromatic N) is 1. The summed E-state index contributed by atoms with van der Waals surface area (Å²) in [5.74, 6) is 0.198. The second kappa shape index (κ2) is 7.97. The summed E-state index contributed by atoms with van der Waals surface area (Å²) in [6.45, 7) is 1.53. The van der Waals surface area contributed by atoms with Crippen molar-refractivity contribution in [2.24, 2.45) is 5.92 Å². The van der Waals surface area contributed by atoms with Gasteiger partial charge in [-0.2, -0.15) is 0 Å². The largest absolute Gasteiger partial charge is 0.396 e. The van der Waals surface area contributed by atoms with Gasteiger partial charge in [-0.1, -0.05) is 48.5 Å². The van der Waals surface area contributed by atoms with Gasteiger partial charge in [-0.15, -0.1) is 0 Å². The van der Waals surface area contributed by atoms with Gasteiger partial charge in [0.2, 0.25) is 0 Å². The highest BCUT2D eigenvalue weighted by atomic mass is 16.3. The molecule has 1 unspecified atom stereocenters. The summed E-state index contributed by atoms with van der Waals surface area (Å²) in [6, 6.07) is 18.1. The van der Waals surface area contributed by atoms with Crippen molar-refractivity contribution < 1.29 is 9.90 Å². The molecule has 126 valence electrons. The van der Waals surface area contributed by atoms with Crippen molar-refractivity contribution in [3.8, 4) is 0 Å². The molecular formula is C20H24N2O2. The molecule has 24 heavy (non-hydrogen) atoms. The average Bonchev–Trinajstić information content (AvgIpc) is 2.64. The number of aliphatic hydroxyl groups is 1. The van der Waals surface area contributed by atoms with Crippen molar-refractivity contribution in [1.82, 2.24) is 4.90 Å². The lowest BCUT2D eigenvalue weighted by Crippen LogP contribution is -2.43. The predicted molar refractivity (Wildman–Crippen MR) is 96.1 cm³/mol. The molecular weight excluding hydrogens is 300 g/mol. The third-order valence-electron chi connectivity index (χ3n) is 4.56. The van der Waals surface area contributed by atoms with Gasteiger partial charge in [-0.3, -0.25) is 0 Å². The minimum absolute atomic E-state index is 0.0753. The van der Waals surface area contributed by atoms with E-state index in [1.54, 1.807) is 0 Å². The number of anilines is 1. The van der Waals surface area contributed by atoms with E-state index in [1.807, 2.05) is 41.3 Å². The van der Waals surface area contributed by atoms with Crippen LogP contribution in [0.5, 0.6) is 0 Å². The van der Waals surface area contributed by atoms with Crippen molar-refractivity contribution in [2.75, 3.05) is 25.0 Å². The number of hydrogen-bond donors (Lipinski definition) is 2. The van der Waals surface area contributed by atoms with Crippen LogP contribution in [0.25, 0.3) is 0 Å². The Morgan fingerprint density at radius 3 is 2.67 bits per heavy atom. The van der Waals surface area contributed by atoms with Crippen LogP contribution in [0.4, 0.5) is 10.5 Å². The van der Waals surface area contributed by atoms with Gasteiger partial charge >= 0.3 is 6.03 Å². The number of hydrogen-bond acceptors (Lipinski definition) is 2. The fraction of sp³-hybridized carbons (Fsp3) is 0.350. The zero-order valence-electron chi connectivity index (χ0n) is 13.8. The summed E-state index contributed by atoms with van der Waals surface area (Å²) < 4.78 is 0. The second-order valence-electron chi connectivity index (χ2n) is 6.39. The van der Waals surface area contributed by atoms with Gasteiger partial charge in [0.05, 0.1) is 0 Å². The maximum atomic E-state index is 12.6. The standard InChI is InChI=1S/C20H24N2O2/c23-15-17-9-6-12-22(14-17)20(24)21-19-11-5-4-10-18(19)13-16-7-2-1-3-8-16/h1-5,7-8,10-11,17,23H,6,9,12-15H2,(H,21,24). The molecule has 2 aromatic rings. The first kappa shape index (κ1) is 16.5. The number of rotatable bonds is 4. The molecule has 2 aromatic carbocycles. The van der Waals surface area contributed by atoms with E-state index in [0.29, 0.717) is 6.54 Å². The lowest BCUT2D eigenvalue weighted by molar-refractivity contribution is 0.136. The molecule has 0 spiro atoms. The molecule has 0 aromatic heterocycles. The van der Waals surface area contributed by atoms with Crippen LogP contribution < -0.4 is 5.32 Å². The fourth-order valence-corrected chi connectivity index (χ4v) is 3.20. The Morgan fingerprint density at radius 2 is 1.88 bits per heavy atom. The highest BCUT2D eigenvalue weighted by molar-refractivity contribution is 5.90. The summed E-state index contributed by atoms with van der Waals surface area (Å²) in [5, 5.41) is 12.4. The number of carbonyl (C=O) groups is 1. The maximum absolute atomic E-state index is 12.6. The molecule has 0 saturated carbocycles. The Labute approximate surface area is 143 Å². The minimum atomic E-state index is -0.0753. The van der Waals surface area contributed by atoms with Crippen molar-refractivity contribution in [3.63, 3.8) is 0 Å². The SMILES string of the molecule is O=C(Nc1ccccc1Cc1ccccc1)N1CCCC(CO)C1. The summed E-state index contributed by atoms with van der Waals surface area (Å²) in [4.78, 5) is 14.4. The Kier molecular flexibility index (Phi) is 5.49. The highest BCUT2D eigenvalue weighted by Crippen LogP contribution is 2.21. The quantitative estimate of drug-likeness (QED) is 0.904. The molecule has 3 rings (SSSR count). The fourth-order valence-electron chi connectivity index (χ4n) is 3.20. The molecule has 0 radical (unpaired) electrons. The van der Waals surface area contributed by atoms with E-state index in [9.17, 15) is 9.90 Å². The third-order valence-corrected chi connectivity index (χ3v) is 4.56. The van der Waals surface area contributed by atoms with E-state index in [1.165, 1.54) is 5.56 Å². The van der Waals surface area contributed by atoms with Crippen molar-refractivity contribution in [3.05, 3.63) is 65.7 Å². The van der Waals surface area contributed by atoms with Crippen molar-refractivity contribution in [1.29, 1.82) is 0 Å². The first-order valence-corrected chi connectivity index (χ1v) is 8.55. The van der Waals surface area contributed by atoms with Crippen LogP contribution in [0, 0.1) is 5.92 Å². The minimum Gasteiger partial charge on any atom is -0.396 e. The lowest BCUT2D eigenvalue weighted by atomic mass is 9.99. The van der Waals surface area contributed by atoms with Crippen molar-refractivity contribution >= 4 is 11.7 Å². The van der Waals surface area contributed by atoms with Gasteiger partial charge in [0.1, 0.15) is 0 Å². The Hall–Kier alpha value is -2.33. The molecule has 2 N–H and O–H groups in total. The van der Waals surface area contributed by atoms with Gasteiger partial charge in [0.15, 0.2) is 0 Å². The van der Waals surface area contributed by atoms with Crippen LogP contribution >= 0.6 is 0 Å².